The number of hydrogen-bond acceptors (Lipinski definition) is 9. The molecule has 4 heterocycles. The van der Waals surface area contributed by atoms with Crippen LogP contribution in [0.5, 0.6) is 0 Å². The lowest BCUT2D eigenvalue weighted by Gasteiger charge is -2.27. The Hall–Kier alpha value is -2.49. The van der Waals surface area contributed by atoms with Crippen LogP contribution in [0, 0.1) is 0 Å². The molecule has 9 heteroatoms. The van der Waals surface area contributed by atoms with E-state index in [1.165, 1.54) is 0 Å². The highest BCUT2D eigenvalue weighted by molar-refractivity contribution is 5.48. The summed E-state index contributed by atoms with van der Waals surface area (Å²) in [6.07, 6.45) is 6.16. The molecular formula is C21H30N6O3. The molecule has 0 radical (unpaired) electrons. The van der Waals surface area contributed by atoms with Crippen molar-refractivity contribution < 1.29 is 14.2 Å². The van der Waals surface area contributed by atoms with Gasteiger partial charge in [0.25, 0.3) is 0 Å². The van der Waals surface area contributed by atoms with Gasteiger partial charge in [-0.25, -0.2) is 0 Å². The number of nitrogens with zero attached hydrogens (tertiary/aromatic N) is 6. The Kier molecular flexibility index (Phi) is 6.61. The lowest BCUT2D eigenvalue weighted by atomic mass is 10.3. The van der Waals surface area contributed by atoms with E-state index >= 15 is 0 Å². The van der Waals surface area contributed by atoms with Crippen LogP contribution in [-0.2, 0) is 14.2 Å². The Morgan fingerprint density at radius 2 is 0.967 bits per heavy atom. The average molecular weight is 415 g/mol. The molecule has 0 aliphatic carbocycles. The summed E-state index contributed by atoms with van der Waals surface area (Å²) in [5.74, 6) is 1.84. The molecule has 1 aromatic rings. The summed E-state index contributed by atoms with van der Waals surface area (Å²) in [6.45, 7) is 18.0. The molecule has 3 atom stereocenters. The molecule has 0 bridgehead atoms. The normalized spacial score (nSPS) is 23.4. The second-order valence-electron chi connectivity index (χ2n) is 7.68. The van der Waals surface area contributed by atoms with Crippen LogP contribution in [0.4, 0.5) is 17.8 Å². The molecule has 3 aliphatic heterocycles. The second kappa shape index (κ2) is 9.55. The predicted molar refractivity (Wildman–Crippen MR) is 116 cm³/mol. The molecule has 0 N–H and O–H groups in total. The van der Waals surface area contributed by atoms with Crippen molar-refractivity contribution in [3.63, 3.8) is 0 Å². The first-order valence-corrected chi connectivity index (χ1v) is 10.4. The number of hydrogen-bond donors (Lipinski definition) is 0. The Morgan fingerprint density at radius 3 is 1.37 bits per heavy atom. The summed E-state index contributed by atoms with van der Waals surface area (Å²) >= 11 is 0. The van der Waals surface area contributed by atoms with E-state index in [-0.39, 0.29) is 18.3 Å². The Bertz CT molecular complexity index is 739. The van der Waals surface area contributed by atoms with E-state index in [1.807, 2.05) is 23.1 Å². The van der Waals surface area contributed by atoms with Gasteiger partial charge < -0.3 is 28.9 Å². The van der Waals surface area contributed by atoms with Crippen molar-refractivity contribution in [1.82, 2.24) is 15.0 Å². The van der Waals surface area contributed by atoms with Gasteiger partial charge in [-0.05, 0) is 0 Å². The maximum absolute atomic E-state index is 5.46. The molecule has 0 saturated carbocycles. The maximum atomic E-state index is 5.46. The van der Waals surface area contributed by atoms with E-state index in [0.717, 1.165) is 39.5 Å². The summed E-state index contributed by atoms with van der Waals surface area (Å²) in [5.41, 5.74) is 0. The van der Waals surface area contributed by atoms with Gasteiger partial charge in [0, 0.05) is 39.3 Å². The fraction of sp³-hybridized carbons (Fsp3) is 0.571. The molecule has 3 fully saturated rings. The third-order valence-corrected chi connectivity index (χ3v) is 4.98. The molecule has 3 unspecified atom stereocenters. The van der Waals surface area contributed by atoms with Crippen LogP contribution in [0.1, 0.15) is 0 Å². The number of rotatable bonds is 15. The summed E-state index contributed by atoms with van der Waals surface area (Å²) in [4.78, 5) is 20.7. The fourth-order valence-electron chi connectivity index (χ4n) is 3.21. The second-order valence-corrected chi connectivity index (χ2v) is 7.68. The van der Waals surface area contributed by atoms with Gasteiger partial charge in [0.15, 0.2) is 0 Å². The lowest BCUT2D eigenvalue weighted by molar-refractivity contribution is 0.387. The first-order valence-electron chi connectivity index (χ1n) is 10.4. The van der Waals surface area contributed by atoms with E-state index in [1.54, 1.807) is 0 Å². The summed E-state index contributed by atoms with van der Waals surface area (Å²) < 4.78 is 16.4. The number of anilines is 3. The average Bonchev–Trinajstić information content (AvgIpc) is 3.59. The van der Waals surface area contributed by atoms with Gasteiger partial charge >= 0.3 is 0 Å². The summed E-state index contributed by atoms with van der Waals surface area (Å²) in [7, 11) is 0. The number of aromatic nitrogens is 3. The minimum Gasteiger partial charge on any atom is -0.371 e. The first kappa shape index (κ1) is 20.8. The van der Waals surface area contributed by atoms with Gasteiger partial charge in [-0.3, -0.25) is 0 Å². The quantitative estimate of drug-likeness (QED) is 0.309. The zero-order chi connectivity index (χ0) is 20.9. The van der Waals surface area contributed by atoms with E-state index in [0.29, 0.717) is 37.5 Å². The highest BCUT2D eigenvalue weighted by Gasteiger charge is 2.33. The standard InChI is InChI=1S/C21H30N6O3/c1-4-7-25(8-5-2)19-22-20(26(9-6-3)10-16-13-28-16)24-21(23-19)27(11-17-14-29-17)12-18-15-30-18/h4-6,16-18H,1-3,7-15H2. The van der Waals surface area contributed by atoms with E-state index in [4.69, 9.17) is 29.2 Å². The number of epoxide rings is 3. The zero-order valence-corrected chi connectivity index (χ0v) is 17.4. The van der Waals surface area contributed by atoms with Gasteiger partial charge in [0.2, 0.25) is 17.8 Å². The van der Waals surface area contributed by atoms with Crippen molar-refractivity contribution in [1.29, 1.82) is 0 Å². The largest absolute Gasteiger partial charge is 0.371 e. The molecular weight excluding hydrogens is 384 g/mol. The number of ether oxygens (including phenoxy) is 3. The lowest BCUT2D eigenvalue weighted by Crippen LogP contribution is -2.36. The first-order chi connectivity index (χ1) is 14.7. The van der Waals surface area contributed by atoms with Gasteiger partial charge in [-0.1, -0.05) is 18.2 Å². The summed E-state index contributed by atoms with van der Waals surface area (Å²) in [5, 5.41) is 0. The summed E-state index contributed by atoms with van der Waals surface area (Å²) in [6, 6.07) is 0. The monoisotopic (exact) mass is 414 g/mol. The smallest absolute Gasteiger partial charge is 0.232 e. The molecule has 3 saturated heterocycles. The SMILES string of the molecule is C=CCN(CC=C)c1nc(N(CC=C)CC2CO2)nc(N(CC2CO2)CC2CO2)n1. The van der Waals surface area contributed by atoms with Crippen molar-refractivity contribution in [2.75, 3.05) is 73.8 Å². The highest BCUT2D eigenvalue weighted by Crippen LogP contribution is 2.25. The molecule has 3 aliphatic rings. The van der Waals surface area contributed by atoms with Crippen LogP contribution in [0.3, 0.4) is 0 Å². The van der Waals surface area contributed by atoms with Crippen LogP contribution in [0.25, 0.3) is 0 Å². The topological polar surface area (TPSA) is 86.0 Å². The van der Waals surface area contributed by atoms with E-state index in [9.17, 15) is 0 Å². The molecule has 0 amide bonds. The molecule has 0 aromatic carbocycles. The van der Waals surface area contributed by atoms with Gasteiger partial charge in [0.1, 0.15) is 0 Å². The zero-order valence-electron chi connectivity index (χ0n) is 17.4. The van der Waals surface area contributed by atoms with Crippen molar-refractivity contribution in [2.45, 2.75) is 18.3 Å². The van der Waals surface area contributed by atoms with Crippen molar-refractivity contribution >= 4 is 17.8 Å². The van der Waals surface area contributed by atoms with Gasteiger partial charge in [-0.2, -0.15) is 15.0 Å². The van der Waals surface area contributed by atoms with Crippen molar-refractivity contribution in [3.8, 4) is 0 Å². The Morgan fingerprint density at radius 1 is 0.633 bits per heavy atom. The van der Waals surface area contributed by atoms with E-state index in [2.05, 4.69) is 29.5 Å². The highest BCUT2D eigenvalue weighted by atomic mass is 16.6. The molecule has 9 nitrogen and oxygen atoms in total. The minimum absolute atomic E-state index is 0.210. The van der Waals surface area contributed by atoms with Gasteiger partial charge in [0.05, 0.1) is 38.1 Å². The minimum atomic E-state index is 0.210. The molecule has 1 aromatic heterocycles. The molecule has 4 rings (SSSR count). The van der Waals surface area contributed by atoms with Gasteiger partial charge in [-0.15, -0.1) is 19.7 Å². The molecule has 162 valence electrons. The van der Waals surface area contributed by atoms with Crippen LogP contribution in [-0.4, -0.2) is 92.4 Å². The maximum Gasteiger partial charge on any atom is 0.232 e. The molecule has 0 spiro atoms. The fourth-order valence-corrected chi connectivity index (χ4v) is 3.21. The van der Waals surface area contributed by atoms with E-state index < -0.39 is 0 Å². The van der Waals surface area contributed by atoms with Crippen LogP contribution in [0.2, 0.25) is 0 Å². The van der Waals surface area contributed by atoms with Crippen LogP contribution < -0.4 is 14.7 Å². The third-order valence-electron chi connectivity index (χ3n) is 4.98. The van der Waals surface area contributed by atoms with Crippen molar-refractivity contribution in [3.05, 3.63) is 38.0 Å². The van der Waals surface area contributed by atoms with Crippen LogP contribution >= 0.6 is 0 Å². The third kappa shape index (κ3) is 5.78. The Labute approximate surface area is 177 Å². The van der Waals surface area contributed by atoms with Crippen molar-refractivity contribution in [2.24, 2.45) is 0 Å². The predicted octanol–water partition coefficient (Wildman–Crippen LogP) is 1.05. The van der Waals surface area contributed by atoms with Crippen LogP contribution in [0.15, 0.2) is 38.0 Å². The Balaban J connectivity index is 1.68. The molecule has 30 heavy (non-hydrogen) atoms.